The van der Waals surface area contributed by atoms with Gasteiger partial charge in [0.05, 0.1) is 16.1 Å². The Hall–Kier alpha value is -6.24. The van der Waals surface area contributed by atoms with E-state index in [2.05, 4.69) is 10.6 Å². The number of carboxylic acids is 1. The van der Waals surface area contributed by atoms with Crippen molar-refractivity contribution in [2.24, 2.45) is 0 Å². The molecule has 13 nitrogen and oxygen atoms in total. The van der Waals surface area contributed by atoms with Crippen LogP contribution in [0.15, 0.2) is 82.0 Å². The number of phenols is 1. The first-order chi connectivity index (χ1) is 22.0. The molecule has 13 heteroatoms. The first-order valence-corrected chi connectivity index (χ1v) is 14.0. The number of carbonyl (C=O) groups is 3. The fourth-order valence-corrected chi connectivity index (χ4v) is 5.13. The highest BCUT2D eigenvalue weighted by atomic mass is 16.6. The van der Waals surface area contributed by atoms with Crippen LogP contribution < -0.4 is 16.1 Å². The van der Waals surface area contributed by atoms with Crippen molar-refractivity contribution in [1.82, 2.24) is 10.6 Å². The number of hydrogen-bond donors (Lipinski definition) is 4. The lowest BCUT2D eigenvalue weighted by Gasteiger charge is -2.18. The maximum Gasteiger partial charge on any atom is 0.407 e. The molecule has 0 fully saturated rings. The van der Waals surface area contributed by atoms with Crippen LogP contribution in [0.5, 0.6) is 5.75 Å². The average molecular weight is 626 g/mol. The normalized spacial score (nSPS) is 11.6. The Bertz CT molecular complexity index is 2050. The molecule has 0 spiro atoms. The first kappa shape index (κ1) is 31.2. The molecule has 3 aromatic carbocycles. The summed E-state index contributed by atoms with van der Waals surface area (Å²) in [5, 5.41) is 37.4. The molecule has 2 aliphatic rings. The maximum atomic E-state index is 13.4. The predicted molar refractivity (Wildman–Crippen MR) is 166 cm³/mol. The van der Waals surface area contributed by atoms with Gasteiger partial charge < -0.3 is 30.0 Å². The topological polar surface area (TPSA) is 198 Å². The van der Waals surface area contributed by atoms with Gasteiger partial charge in [0.1, 0.15) is 23.2 Å². The number of alkyl carbamates (subject to hydrolysis) is 1. The number of nitrogens with zero attached hydrogens (tertiary/aromatic N) is 1. The van der Waals surface area contributed by atoms with Gasteiger partial charge in [-0.1, -0.05) is 6.07 Å². The number of aromatic hydroxyl groups is 1. The standard InChI is InChI=1S/C33H27N3O10/c1-3-34-33(42)45-17(2)25-12-18(4-11-27(25)36(43)44)16-35-31(39)19-5-8-22(32(40)41)26(13-19)30-23-9-6-20(37)14-28(23)46-29-15-21(38)7-10-24(29)30/h4-15,17,37H,3,16H2,1-2H3,(H,34,42)(H,35,39)(H,40,41). The molecule has 1 heterocycles. The van der Waals surface area contributed by atoms with Crippen LogP contribution in [0.3, 0.4) is 0 Å². The van der Waals surface area contributed by atoms with Gasteiger partial charge in [-0.25, -0.2) is 9.59 Å². The average Bonchev–Trinajstić information content (AvgIpc) is 3.01. The van der Waals surface area contributed by atoms with Gasteiger partial charge in [0.25, 0.3) is 11.6 Å². The smallest absolute Gasteiger partial charge is 0.407 e. The van der Waals surface area contributed by atoms with Gasteiger partial charge in [0.2, 0.25) is 0 Å². The van der Waals surface area contributed by atoms with Gasteiger partial charge in [0, 0.05) is 53.4 Å². The third-order valence-electron chi connectivity index (χ3n) is 7.24. The lowest BCUT2D eigenvalue weighted by atomic mass is 9.89. The molecule has 0 aromatic heterocycles. The molecule has 1 aliphatic heterocycles. The van der Waals surface area contributed by atoms with E-state index in [1.807, 2.05) is 0 Å². The number of hydrogen-bond acceptors (Lipinski definition) is 9. The zero-order chi connectivity index (χ0) is 33.1. The number of nitro groups is 1. The minimum Gasteiger partial charge on any atom is -0.508 e. The molecule has 0 saturated carbocycles. The Morgan fingerprint density at radius 2 is 1.76 bits per heavy atom. The lowest BCUT2D eigenvalue weighted by Crippen LogP contribution is -2.25. The van der Waals surface area contributed by atoms with E-state index >= 15 is 0 Å². The monoisotopic (exact) mass is 625 g/mol. The van der Waals surface area contributed by atoms with Crippen LogP contribution in [0.4, 0.5) is 10.5 Å². The van der Waals surface area contributed by atoms with E-state index in [0.717, 1.165) is 0 Å². The number of nitro benzene ring substituents is 1. The second-order valence-electron chi connectivity index (χ2n) is 10.3. The number of carboxylic acid groups (broad SMARTS) is 1. The number of aromatic carboxylic acids is 1. The second-order valence-corrected chi connectivity index (χ2v) is 10.3. The number of benzene rings is 4. The Balaban J connectivity index is 1.51. The third kappa shape index (κ3) is 6.33. The van der Waals surface area contributed by atoms with Crippen LogP contribution in [-0.4, -0.2) is 39.7 Å². The van der Waals surface area contributed by atoms with E-state index in [9.17, 15) is 39.5 Å². The van der Waals surface area contributed by atoms with Crippen molar-refractivity contribution < 1.29 is 38.7 Å². The molecule has 0 radical (unpaired) electrons. The third-order valence-corrected chi connectivity index (χ3v) is 7.24. The van der Waals surface area contributed by atoms with Crippen molar-refractivity contribution in [2.45, 2.75) is 26.5 Å². The number of ether oxygens (including phenoxy) is 1. The SMILES string of the molecule is CCNC(=O)OC(C)c1cc(CNC(=O)c2ccc(C(=O)O)c(-c3c4ccc(=O)cc-4oc4cc(O)ccc34)c2)ccc1[N+](=O)[O-]. The largest absolute Gasteiger partial charge is 0.508 e. The fraction of sp³-hybridized carbons (Fsp3) is 0.152. The van der Waals surface area contributed by atoms with Gasteiger partial charge in [-0.3, -0.25) is 19.7 Å². The maximum absolute atomic E-state index is 13.4. The molecular weight excluding hydrogens is 598 g/mol. The molecule has 0 saturated heterocycles. The van der Waals surface area contributed by atoms with E-state index in [1.54, 1.807) is 13.0 Å². The quantitative estimate of drug-likeness (QED) is 0.0906. The Labute approximate surface area is 260 Å². The number of phenolic OH excluding ortho intramolecular Hbond substituents is 1. The van der Waals surface area contributed by atoms with Crippen molar-refractivity contribution >= 4 is 34.6 Å². The van der Waals surface area contributed by atoms with Gasteiger partial charge >= 0.3 is 12.1 Å². The minimum atomic E-state index is -1.26. The van der Waals surface area contributed by atoms with E-state index in [4.69, 9.17) is 9.15 Å². The second kappa shape index (κ2) is 12.8. The Morgan fingerprint density at radius 1 is 0.978 bits per heavy atom. The number of nitrogens with one attached hydrogen (secondary N) is 2. The zero-order valence-corrected chi connectivity index (χ0v) is 24.5. The van der Waals surface area contributed by atoms with E-state index < -0.39 is 29.0 Å². The first-order valence-electron chi connectivity index (χ1n) is 14.0. The summed E-state index contributed by atoms with van der Waals surface area (Å²) in [6, 6.07) is 16.6. The van der Waals surface area contributed by atoms with Gasteiger partial charge in [-0.2, -0.15) is 0 Å². The van der Waals surface area contributed by atoms with Gasteiger partial charge in [-0.15, -0.1) is 0 Å². The van der Waals surface area contributed by atoms with Crippen molar-refractivity contribution in [3.8, 4) is 28.2 Å². The molecule has 1 aliphatic carbocycles. The van der Waals surface area contributed by atoms with E-state index in [0.29, 0.717) is 28.6 Å². The van der Waals surface area contributed by atoms with Crippen LogP contribution in [0.25, 0.3) is 33.4 Å². The van der Waals surface area contributed by atoms with Crippen molar-refractivity contribution in [1.29, 1.82) is 0 Å². The van der Waals surface area contributed by atoms with Crippen LogP contribution in [0.2, 0.25) is 0 Å². The zero-order valence-electron chi connectivity index (χ0n) is 24.5. The number of carbonyl (C=O) groups excluding carboxylic acids is 2. The fourth-order valence-electron chi connectivity index (χ4n) is 5.13. The highest BCUT2D eigenvalue weighted by Crippen LogP contribution is 2.42. The molecule has 1 unspecified atom stereocenters. The molecule has 0 bridgehead atoms. The predicted octanol–water partition coefficient (Wildman–Crippen LogP) is 5.61. The van der Waals surface area contributed by atoms with Gasteiger partial charge in [-0.05, 0) is 73.5 Å². The molecule has 3 aromatic rings. The number of fused-ring (bicyclic) bond motifs is 2. The minimum absolute atomic E-state index is 0.0602. The van der Waals surface area contributed by atoms with Crippen LogP contribution in [0, 0.1) is 10.1 Å². The highest BCUT2D eigenvalue weighted by molar-refractivity contribution is 6.09. The van der Waals surface area contributed by atoms with Gasteiger partial charge in [0.15, 0.2) is 5.43 Å². The summed E-state index contributed by atoms with van der Waals surface area (Å²) in [5.74, 6) is -1.78. The summed E-state index contributed by atoms with van der Waals surface area (Å²) < 4.78 is 11.1. The number of rotatable bonds is 9. The van der Waals surface area contributed by atoms with Crippen molar-refractivity contribution in [3.05, 3.63) is 115 Å². The molecule has 1 atom stereocenters. The van der Waals surface area contributed by atoms with Crippen LogP contribution in [-0.2, 0) is 11.3 Å². The summed E-state index contributed by atoms with van der Waals surface area (Å²) >= 11 is 0. The molecule has 46 heavy (non-hydrogen) atoms. The Kier molecular flexibility index (Phi) is 8.67. The molecule has 2 amide bonds. The molecular formula is C33H27N3O10. The summed E-state index contributed by atoms with van der Waals surface area (Å²) in [6.07, 6.45) is -1.70. The van der Waals surface area contributed by atoms with E-state index in [-0.39, 0.29) is 57.0 Å². The molecule has 5 rings (SSSR count). The summed E-state index contributed by atoms with van der Waals surface area (Å²) in [6.45, 7) is 3.45. The van der Waals surface area contributed by atoms with Crippen molar-refractivity contribution in [2.75, 3.05) is 6.54 Å². The highest BCUT2D eigenvalue weighted by Gasteiger charge is 2.25. The van der Waals surface area contributed by atoms with Crippen molar-refractivity contribution in [3.63, 3.8) is 0 Å². The number of amides is 2. The van der Waals surface area contributed by atoms with Crippen LogP contribution >= 0.6 is 0 Å². The molecule has 234 valence electrons. The Morgan fingerprint density at radius 3 is 2.48 bits per heavy atom. The summed E-state index contributed by atoms with van der Waals surface area (Å²) in [4.78, 5) is 60.8. The lowest BCUT2D eigenvalue weighted by molar-refractivity contribution is -0.386. The summed E-state index contributed by atoms with van der Waals surface area (Å²) in [7, 11) is 0. The van der Waals surface area contributed by atoms with E-state index in [1.165, 1.54) is 73.7 Å². The molecule has 4 N–H and O–H groups in total. The summed E-state index contributed by atoms with van der Waals surface area (Å²) in [5.41, 5.74) is 1.17. The van der Waals surface area contributed by atoms with Crippen LogP contribution in [0.1, 0.15) is 51.8 Å².